The summed E-state index contributed by atoms with van der Waals surface area (Å²) in [5.41, 5.74) is 2.83. The molecule has 1 amide bonds. The van der Waals surface area contributed by atoms with Crippen LogP contribution in [-0.4, -0.2) is 28.9 Å². The lowest BCUT2D eigenvalue weighted by atomic mass is 10.0. The molecule has 30 heavy (non-hydrogen) atoms. The molecule has 0 saturated carbocycles. The molecule has 0 saturated heterocycles. The van der Waals surface area contributed by atoms with Crippen molar-refractivity contribution in [2.75, 3.05) is 5.32 Å². The topological polar surface area (TPSA) is 92.7 Å². The number of ketones is 1. The van der Waals surface area contributed by atoms with E-state index in [1.165, 1.54) is 13.8 Å². The lowest BCUT2D eigenvalue weighted by Crippen LogP contribution is -2.30. The van der Waals surface area contributed by atoms with Crippen molar-refractivity contribution in [1.82, 2.24) is 0 Å². The van der Waals surface area contributed by atoms with Gasteiger partial charge in [0, 0.05) is 5.56 Å². The average molecular weight is 403 g/mol. The van der Waals surface area contributed by atoms with Crippen molar-refractivity contribution in [2.24, 2.45) is 0 Å². The number of carbonyl (C=O) groups is 3. The highest BCUT2D eigenvalue weighted by Gasteiger charge is 2.20. The van der Waals surface area contributed by atoms with Gasteiger partial charge >= 0.3 is 5.97 Å². The van der Waals surface area contributed by atoms with Crippen LogP contribution in [0.5, 0.6) is 5.75 Å². The largest absolute Gasteiger partial charge is 0.508 e. The number of hydrogen-bond donors (Lipinski definition) is 2. The second kappa shape index (κ2) is 9.05. The molecule has 3 aromatic rings. The maximum Gasteiger partial charge on any atom is 0.338 e. The van der Waals surface area contributed by atoms with E-state index >= 15 is 0 Å². The van der Waals surface area contributed by atoms with Crippen LogP contribution in [-0.2, 0) is 9.53 Å². The zero-order valence-corrected chi connectivity index (χ0v) is 16.6. The Balaban J connectivity index is 1.64. The molecule has 2 N–H and O–H groups in total. The summed E-state index contributed by atoms with van der Waals surface area (Å²) in [5, 5.41) is 12.0. The predicted molar refractivity (Wildman–Crippen MR) is 113 cm³/mol. The normalized spacial score (nSPS) is 11.4. The van der Waals surface area contributed by atoms with Crippen LogP contribution >= 0.6 is 0 Å². The first kappa shape index (κ1) is 20.8. The number of para-hydroxylation sites is 1. The van der Waals surface area contributed by atoms with Crippen LogP contribution in [0.15, 0.2) is 72.8 Å². The summed E-state index contributed by atoms with van der Waals surface area (Å²) in [6, 6.07) is 20.1. The minimum absolute atomic E-state index is 0.177. The molecule has 0 aliphatic heterocycles. The number of phenols is 1. The quantitative estimate of drug-likeness (QED) is 0.469. The molecule has 3 rings (SSSR count). The van der Waals surface area contributed by atoms with Gasteiger partial charge in [0.05, 0.1) is 11.3 Å². The molecule has 3 aromatic carbocycles. The summed E-state index contributed by atoms with van der Waals surface area (Å²) in [7, 11) is 0. The van der Waals surface area contributed by atoms with E-state index in [4.69, 9.17) is 4.74 Å². The Kier molecular flexibility index (Phi) is 6.27. The lowest BCUT2D eigenvalue weighted by Gasteiger charge is -2.15. The molecule has 0 bridgehead atoms. The minimum Gasteiger partial charge on any atom is -0.508 e. The van der Waals surface area contributed by atoms with Crippen LogP contribution in [0.25, 0.3) is 11.1 Å². The van der Waals surface area contributed by atoms with Gasteiger partial charge in [-0.05, 0) is 61.4 Å². The molecular weight excluding hydrogens is 382 g/mol. The Morgan fingerprint density at radius 3 is 2.03 bits per heavy atom. The highest BCUT2D eigenvalue weighted by molar-refractivity contribution is 6.05. The summed E-state index contributed by atoms with van der Waals surface area (Å²) < 4.78 is 5.26. The molecule has 0 aromatic heterocycles. The first-order valence-electron chi connectivity index (χ1n) is 9.36. The number of anilines is 1. The average Bonchev–Trinajstić information content (AvgIpc) is 2.74. The number of carbonyl (C=O) groups excluding carboxylic acids is 3. The fourth-order valence-corrected chi connectivity index (χ4v) is 2.87. The van der Waals surface area contributed by atoms with Gasteiger partial charge in [-0.2, -0.15) is 0 Å². The summed E-state index contributed by atoms with van der Waals surface area (Å²) in [5.74, 6) is -1.16. The van der Waals surface area contributed by atoms with Crippen LogP contribution in [0.1, 0.15) is 34.6 Å². The minimum atomic E-state index is -1.05. The van der Waals surface area contributed by atoms with Crippen molar-refractivity contribution in [3.8, 4) is 16.9 Å². The first-order chi connectivity index (χ1) is 14.3. The van der Waals surface area contributed by atoms with Crippen LogP contribution in [0, 0.1) is 0 Å². The molecule has 0 heterocycles. The number of hydrogen-bond acceptors (Lipinski definition) is 5. The summed E-state index contributed by atoms with van der Waals surface area (Å²) >= 11 is 0. The second-order valence-corrected chi connectivity index (χ2v) is 6.76. The number of nitrogens with one attached hydrogen (secondary N) is 1. The fraction of sp³-hybridized carbons (Fsp3) is 0.125. The van der Waals surface area contributed by atoms with Gasteiger partial charge < -0.3 is 15.2 Å². The lowest BCUT2D eigenvalue weighted by molar-refractivity contribution is -0.123. The van der Waals surface area contributed by atoms with Crippen molar-refractivity contribution in [3.63, 3.8) is 0 Å². The number of amides is 1. The van der Waals surface area contributed by atoms with E-state index in [0.717, 1.165) is 11.1 Å². The molecule has 6 nitrogen and oxygen atoms in total. The number of phenolic OH excluding ortho intramolecular Hbond substituents is 1. The molecule has 0 aliphatic rings. The molecule has 0 radical (unpaired) electrons. The summed E-state index contributed by atoms with van der Waals surface area (Å²) in [4.78, 5) is 36.5. The van der Waals surface area contributed by atoms with Crippen molar-refractivity contribution >= 4 is 23.3 Å². The third-order valence-corrected chi connectivity index (χ3v) is 4.54. The van der Waals surface area contributed by atoms with Crippen molar-refractivity contribution in [3.05, 3.63) is 83.9 Å². The second-order valence-electron chi connectivity index (χ2n) is 6.76. The van der Waals surface area contributed by atoms with Gasteiger partial charge in [-0.1, -0.05) is 36.4 Å². The highest BCUT2D eigenvalue weighted by Crippen LogP contribution is 2.22. The van der Waals surface area contributed by atoms with E-state index in [-0.39, 0.29) is 11.5 Å². The Morgan fingerprint density at radius 2 is 1.43 bits per heavy atom. The molecule has 0 spiro atoms. The van der Waals surface area contributed by atoms with Crippen LogP contribution in [0.3, 0.4) is 0 Å². The molecule has 0 aliphatic carbocycles. The number of esters is 1. The third kappa shape index (κ3) is 4.91. The monoisotopic (exact) mass is 403 g/mol. The molecule has 152 valence electrons. The Hall–Kier alpha value is -3.93. The van der Waals surface area contributed by atoms with Gasteiger partial charge in [-0.15, -0.1) is 0 Å². The van der Waals surface area contributed by atoms with Gasteiger partial charge in [0.1, 0.15) is 5.75 Å². The molecule has 0 unspecified atom stereocenters. The zero-order valence-electron chi connectivity index (χ0n) is 16.6. The zero-order chi connectivity index (χ0) is 21.7. The summed E-state index contributed by atoms with van der Waals surface area (Å²) in [6.45, 7) is 2.88. The Bertz CT molecular complexity index is 1070. The standard InChI is InChI=1S/C24H21NO5/c1-15(26)21-5-3-4-6-22(21)25-23(28)16(2)30-24(29)19-9-7-17(8-10-19)18-11-13-20(27)14-12-18/h3-14,16,27H,1-2H3,(H,25,28)/t16-/m0/s1. The van der Waals surface area contributed by atoms with Crippen molar-refractivity contribution < 1.29 is 24.2 Å². The number of rotatable bonds is 6. The maximum atomic E-state index is 12.4. The maximum absolute atomic E-state index is 12.4. The molecule has 6 heteroatoms. The number of benzene rings is 3. The van der Waals surface area contributed by atoms with Gasteiger partial charge in [0.15, 0.2) is 11.9 Å². The van der Waals surface area contributed by atoms with Gasteiger partial charge in [-0.3, -0.25) is 9.59 Å². The molecule has 1 atom stereocenters. The Morgan fingerprint density at radius 1 is 0.867 bits per heavy atom. The van der Waals surface area contributed by atoms with E-state index < -0.39 is 18.0 Å². The number of ether oxygens (including phenoxy) is 1. The van der Waals surface area contributed by atoms with Crippen LogP contribution in [0.2, 0.25) is 0 Å². The predicted octanol–water partition coefficient (Wildman–Crippen LogP) is 4.45. The fourth-order valence-electron chi connectivity index (χ4n) is 2.87. The van der Waals surface area contributed by atoms with Gasteiger partial charge in [0.2, 0.25) is 0 Å². The van der Waals surface area contributed by atoms with E-state index in [1.54, 1.807) is 72.8 Å². The third-order valence-electron chi connectivity index (χ3n) is 4.54. The number of aromatic hydroxyl groups is 1. The van der Waals surface area contributed by atoms with E-state index in [9.17, 15) is 19.5 Å². The van der Waals surface area contributed by atoms with Crippen molar-refractivity contribution in [2.45, 2.75) is 20.0 Å². The molecular formula is C24H21NO5. The van der Waals surface area contributed by atoms with Crippen LogP contribution in [0.4, 0.5) is 5.69 Å². The van der Waals surface area contributed by atoms with E-state index in [0.29, 0.717) is 16.8 Å². The smallest absolute Gasteiger partial charge is 0.338 e. The van der Waals surface area contributed by atoms with Gasteiger partial charge in [0.25, 0.3) is 5.91 Å². The van der Waals surface area contributed by atoms with Gasteiger partial charge in [-0.25, -0.2) is 4.79 Å². The van der Waals surface area contributed by atoms with E-state index in [1.807, 2.05) is 0 Å². The Labute approximate surface area is 174 Å². The number of Topliss-reactive ketones (excluding diaryl/α,β-unsaturated/α-hetero) is 1. The summed E-state index contributed by atoms with van der Waals surface area (Å²) in [6.07, 6.45) is -1.05. The van der Waals surface area contributed by atoms with Crippen LogP contribution < -0.4 is 5.32 Å². The molecule has 0 fully saturated rings. The SMILES string of the molecule is CC(=O)c1ccccc1NC(=O)[C@H](C)OC(=O)c1ccc(-c2ccc(O)cc2)cc1. The first-order valence-corrected chi connectivity index (χ1v) is 9.36. The van der Waals surface area contributed by atoms with E-state index in [2.05, 4.69) is 5.32 Å². The van der Waals surface area contributed by atoms with Crippen molar-refractivity contribution in [1.29, 1.82) is 0 Å². The highest BCUT2D eigenvalue weighted by atomic mass is 16.5.